The molecule has 0 radical (unpaired) electrons. The van der Waals surface area contributed by atoms with Crippen molar-refractivity contribution in [3.8, 4) is 5.75 Å². The molecule has 0 aliphatic rings. The molecule has 2 rings (SSSR count). The highest BCUT2D eigenvalue weighted by molar-refractivity contribution is 6.09. The minimum absolute atomic E-state index is 0.0237. The van der Waals surface area contributed by atoms with Crippen LogP contribution in [-0.4, -0.2) is 12.9 Å². The fourth-order valence-electron chi connectivity index (χ4n) is 1.59. The zero-order chi connectivity index (χ0) is 12.3. The van der Waals surface area contributed by atoms with Crippen LogP contribution in [0.1, 0.15) is 15.9 Å². The molecule has 0 fully saturated rings. The summed E-state index contributed by atoms with van der Waals surface area (Å²) in [5.74, 6) is -0.891. The van der Waals surface area contributed by atoms with Crippen LogP contribution in [0.15, 0.2) is 48.5 Å². The Balaban J connectivity index is 2.45. The normalized spacial score (nSPS) is 10.0. The molecular weight excluding hydrogens is 219 g/mol. The first-order valence-corrected chi connectivity index (χ1v) is 5.16. The molecule has 2 aromatic rings. The van der Waals surface area contributed by atoms with Crippen LogP contribution in [0.3, 0.4) is 0 Å². The highest BCUT2D eigenvalue weighted by Crippen LogP contribution is 2.22. The summed E-state index contributed by atoms with van der Waals surface area (Å²) in [5, 5.41) is 0. The van der Waals surface area contributed by atoms with Crippen LogP contribution in [0.5, 0.6) is 5.75 Å². The molecule has 0 aliphatic carbocycles. The molecule has 86 valence electrons. The van der Waals surface area contributed by atoms with Crippen LogP contribution in [0.25, 0.3) is 0 Å². The fraction of sp³-hybridized carbons (Fsp3) is 0.0714. The molecule has 2 aromatic carbocycles. The first-order valence-electron chi connectivity index (χ1n) is 5.16. The zero-order valence-electron chi connectivity index (χ0n) is 9.31. The van der Waals surface area contributed by atoms with Crippen molar-refractivity contribution in [3.05, 3.63) is 65.5 Å². The third kappa shape index (κ3) is 2.18. The highest BCUT2D eigenvalue weighted by atomic mass is 19.1. The van der Waals surface area contributed by atoms with E-state index < -0.39 is 5.82 Å². The van der Waals surface area contributed by atoms with Crippen LogP contribution < -0.4 is 4.74 Å². The van der Waals surface area contributed by atoms with Crippen molar-refractivity contribution in [2.45, 2.75) is 0 Å². The van der Waals surface area contributed by atoms with Gasteiger partial charge in [0.2, 0.25) is 0 Å². The smallest absolute Gasteiger partial charge is 0.196 e. The van der Waals surface area contributed by atoms with Crippen molar-refractivity contribution in [2.75, 3.05) is 7.11 Å². The largest absolute Gasteiger partial charge is 0.494 e. The maximum absolute atomic E-state index is 13.9. The molecule has 0 atom stereocenters. The van der Waals surface area contributed by atoms with E-state index in [2.05, 4.69) is 0 Å². The van der Waals surface area contributed by atoms with E-state index in [0.717, 1.165) is 0 Å². The summed E-state index contributed by atoms with van der Waals surface area (Å²) in [6.07, 6.45) is 0. The van der Waals surface area contributed by atoms with Gasteiger partial charge < -0.3 is 4.74 Å². The van der Waals surface area contributed by atoms with E-state index in [1.165, 1.54) is 19.2 Å². The van der Waals surface area contributed by atoms with Crippen molar-refractivity contribution >= 4 is 5.78 Å². The van der Waals surface area contributed by atoms with E-state index in [0.29, 0.717) is 5.56 Å². The van der Waals surface area contributed by atoms with Crippen LogP contribution in [-0.2, 0) is 0 Å². The van der Waals surface area contributed by atoms with Crippen molar-refractivity contribution in [1.82, 2.24) is 0 Å². The summed E-state index contributed by atoms with van der Waals surface area (Å²) >= 11 is 0. The Morgan fingerprint density at radius 1 is 1.06 bits per heavy atom. The van der Waals surface area contributed by atoms with Crippen LogP contribution in [0.2, 0.25) is 0 Å². The Kier molecular flexibility index (Phi) is 3.19. The highest BCUT2D eigenvalue weighted by Gasteiger charge is 2.16. The summed E-state index contributed by atoms with van der Waals surface area (Å²) in [7, 11) is 1.37. The summed E-state index contributed by atoms with van der Waals surface area (Å²) in [4.78, 5) is 12.0. The van der Waals surface area contributed by atoms with Gasteiger partial charge in [0.15, 0.2) is 17.3 Å². The number of ether oxygens (including phenoxy) is 1. The summed E-state index contributed by atoms with van der Waals surface area (Å²) in [6.45, 7) is 0. The molecule has 0 N–H and O–H groups in total. The van der Waals surface area contributed by atoms with Gasteiger partial charge in [-0.3, -0.25) is 4.79 Å². The van der Waals surface area contributed by atoms with Crippen molar-refractivity contribution in [1.29, 1.82) is 0 Å². The summed E-state index contributed by atoms with van der Waals surface area (Å²) in [6, 6.07) is 13.1. The van der Waals surface area contributed by atoms with Gasteiger partial charge in [0.05, 0.1) is 12.7 Å². The average Bonchev–Trinajstić information content (AvgIpc) is 2.39. The molecule has 0 saturated carbocycles. The molecule has 0 spiro atoms. The lowest BCUT2D eigenvalue weighted by Gasteiger charge is -2.06. The number of halogens is 1. The number of hydrogen-bond acceptors (Lipinski definition) is 2. The standard InChI is InChI=1S/C14H11FO2/c1-17-12-9-5-8-11(13(12)15)14(16)10-6-3-2-4-7-10/h2-9H,1H3. The molecule has 0 saturated heterocycles. The minimum Gasteiger partial charge on any atom is -0.494 e. The molecule has 3 heteroatoms. The number of carbonyl (C=O) groups excluding carboxylic acids is 1. The van der Waals surface area contributed by atoms with Gasteiger partial charge in [-0.05, 0) is 12.1 Å². The maximum atomic E-state index is 13.9. The second-order valence-corrected chi connectivity index (χ2v) is 3.52. The van der Waals surface area contributed by atoms with Gasteiger partial charge in [-0.15, -0.1) is 0 Å². The van der Waals surface area contributed by atoms with Crippen LogP contribution >= 0.6 is 0 Å². The molecule has 0 aromatic heterocycles. The lowest BCUT2D eigenvalue weighted by atomic mass is 10.0. The van der Waals surface area contributed by atoms with Gasteiger partial charge in [-0.1, -0.05) is 36.4 Å². The SMILES string of the molecule is COc1cccc(C(=O)c2ccccc2)c1F. The quantitative estimate of drug-likeness (QED) is 0.757. The number of ketones is 1. The summed E-state index contributed by atoms with van der Waals surface area (Å²) in [5.41, 5.74) is 0.482. The van der Waals surface area contributed by atoms with E-state index in [4.69, 9.17) is 4.74 Å². The molecule has 0 amide bonds. The zero-order valence-corrected chi connectivity index (χ0v) is 9.31. The van der Waals surface area contributed by atoms with E-state index in [9.17, 15) is 9.18 Å². The predicted octanol–water partition coefficient (Wildman–Crippen LogP) is 3.07. The second kappa shape index (κ2) is 4.78. The molecule has 17 heavy (non-hydrogen) atoms. The lowest BCUT2D eigenvalue weighted by Crippen LogP contribution is -2.05. The van der Waals surface area contributed by atoms with Gasteiger partial charge in [0, 0.05) is 5.56 Å². The molecule has 0 bridgehead atoms. The van der Waals surface area contributed by atoms with E-state index in [1.807, 2.05) is 0 Å². The van der Waals surface area contributed by atoms with E-state index in [1.54, 1.807) is 36.4 Å². The van der Waals surface area contributed by atoms with Crippen molar-refractivity contribution in [2.24, 2.45) is 0 Å². The van der Waals surface area contributed by atoms with Crippen molar-refractivity contribution in [3.63, 3.8) is 0 Å². The molecule has 0 heterocycles. The first-order chi connectivity index (χ1) is 8.24. The van der Waals surface area contributed by atoms with E-state index >= 15 is 0 Å². The topological polar surface area (TPSA) is 26.3 Å². The van der Waals surface area contributed by atoms with Crippen molar-refractivity contribution < 1.29 is 13.9 Å². The van der Waals surface area contributed by atoms with Gasteiger partial charge in [0.25, 0.3) is 0 Å². The Morgan fingerprint density at radius 2 is 1.76 bits per heavy atom. The van der Waals surface area contributed by atoms with Gasteiger partial charge >= 0.3 is 0 Å². The Labute approximate surface area is 98.7 Å². The third-order valence-corrected chi connectivity index (χ3v) is 2.46. The number of methoxy groups -OCH3 is 1. The number of hydrogen-bond donors (Lipinski definition) is 0. The number of benzene rings is 2. The van der Waals surface area contributed by atoms with Gasteiger partial charge in [-0.2, -0.15) is 0 Å². The van der Waals surface area contributed by atoms with Gasteiger partial charge in [0.1, 0.15) is 0 Å². The molecule has 0 aliphatic heterocycles. The molecule has 2 nitrogen and oxygen atoms in total. The molecular formula is C14H11FO2. The monoisotopic (exact) mass is 230 g/mol. The fourth-order valence-corrected chi connectivity index (χ4v) is 1.59. The lowest BCUT2D eigenvalue weighted by molar-refractivity contribution is 0.103. The second-order valence-electron chi connectivity index (χ2n) is 3.52. The Morgan fingerprint density at radius 3 is 2.41 bits per heavy atom. The summed E-state index contributed by atoms with van der Waals surface area (Å²) < 4.78 is 18.7. The maximum Gasteiger partial charge on any atom is 0.196 e. The molecule has 0 unspecified atom stereocenters. The Hall–Kier alpha value is -2.16. The Bertz CT molecular complexity index is 535. The third-order valence-electron chi connectivity index (χ3n) is 2.46. The number of rotatable bonds is 3. The minimum atomic E-state index is -0.621. The van der Waals surface area contributed by atoms with E-state index in [-0.39, 0.29) is 17.1 Å². The average molecular weight is 230 g/mol. The van der Waals surface area contributed by atoms with Crippen LogP contribution in [0.4, 0.5) is 4.39 Å². The first kappa shape index (κ1) is 11.3. The predicted molar refractivity (Wildman–Crippen MR) is 62.8 cm³/mol. The number of carbonyl (C=O) groups is 1. The van der Waals surface area contributed by atoms with Gasteiger partial charge in [-0.25, -0.2) is 4.39 Å². The van der Waals surface area contributed by atoms with Crippen LogP contribution in [0, 0.1) is 5.82 Å².